The Hall–Kier alpha value is -6.96. The molecule has 6 aliphatic heterocycles. The maximum atomic E-state index is 15.8. The van der Waals surface area contributed by atoms with Crippen LogP contribution in [0.5, 0.6) is 0 Å². The van der Waals surface area contributed by atoms with Gasteiger partial charge in [0.25, 0.3) is 0 Å². The second-order valence-electron chi connectivity index (χ2n) is 19.3. The average molecular weight is 937 g/mol. The minimum Gasteiger partial charge on any atom is -0.358 e. The number of aromatic amines is 2. The fraction of sp³-hybridized carbons (Fsp3) is 0.222. The molecular weight excluding hydrogens is 895 g/mol. The van der Waals surface area contributed by atoms with E-state index in [0.29, 0.717) is 22.8 Å². The fourth-order valence-corrected chi connectivity index (χ4v) is 9.17. The van der Waals surface area contributed by atoms with Crippen molar-refractivity contribution in [3.63, 3.8) is 0 Å². The van der Waals surface area contributed by atoms with Crippen molar-refractivity contribution in [2.75, 3.05) is 0 Å². The molecule has 0 spiro atoms. The lowest BCUT2D eigenvalue weighted by atomic mass is 9.77. The monoisotopic (exact) mass is 936 g/mol. The number of nitrogens with one attached hydrogen (secondary N) is 2. The number of halogens is 10. The Labute approximate surface area is 385 Å². The molecule has 4 nitrogen and oxygen atoms in total. The maximum absolute atomic E-state index is 15.8. The van der Waals surface area contributed by atoms with Crippen LogP contribution in [-0.2, 0) is 21.7 Å². The molecule has 348 valence electrons. The van der Waals surface area contributed by atoms with Gasteiger partial charge in [0.1, 0.15) is 0 Å². The van der Waals surface area contributed by atoms with E-state index < -0.39 is 91.0 Å². The molecular formula is C54H42F10N4. The Bertz CT molecular complexity index is 3040. The number of aromatic nitrogens is 2. The third kappa shape index (κ3) is 6.96. The van der Waals surface area contributed by atoms with E-state index in [-0.39, 0.29) is 33.9 Å². The fourth-order valence-electron chi connectivity index (χ4n) is 9.17. The molecule has 2 aromatic heterocycles. The summed E-state index contributed by atoms with van der Waals surface area (Å²) in [6, 6.07) is 21.0. The minimum absolute atomic E-state index is 0.0390. The predicted octanol–water partition coefficient (Wildman–Crippen LogP) is 14.2. The van der Waals surface area contributed by atoms with Crippen molar-refractivity contribution < 1.29 is 43.9 Å². The third-order valence-corrected chi connectivity index (χ3v) is 13.9. The molecule has 68 heavy (non-hydrogen) atoms. The molecule has 12 rings (SSSR count). The molecule has 0 fully saturated rings. The molecule has 0 atom stereocenters. The SMILES string of the molecule is CC1(C)C2=N/C(=C(\c3c(F)c(F)c(F)c(F)c3F)c3ccc([nH]3)C(C)(C)c3ccc(cc3)C(C)(C)C3=N/C(=C(\c4c(F)c(F)c(F)c(F)c4F)c4ccc([nH]4)C(C)(C)c4ccc1cc4)C=C3)C=C2. The lowest BCUT2D eigenvalue weighted by Gasteiger charge is -2.28. The highest BCUT2D eigenvalue weighted by atomic mass is 19.2. The number of aliphatic imine (C=N–C) groups is 2. The normalized spacial score (nSPS) is 20.1. The number of nitrogens with zero attached hydrogens (tertiary/aromatic N) is 2. The van der Waals surface area contributed by atoms with Crippen molar-refractivity contribution in [2.45, 2.75) is 77.0 Å². The first-order valence-electron chi connectivity index (χ1n) is 21.6. The van der Waals surface area contributed by atoms with Crippen molar-refractivity contribution in [2.24, 2.45) is 9.98 Å². The summed E-state index contributed by atoms with van der Waals surface area (Å²) in [7, 11) is 0. The molecule has 14 heteroatoms. The standard InChI is InChI=1S/C54H42F10N4/c1-51(2)25-9-11-26(12-10-25)52(3,4)34-23-19-31(67-34)38(40-43(57)47(61)50(64)48(62)44(40)58)32-20-24-36(68-32)54(7,8)28-15-13-27(14-16-28)53(5,6)35-22-18-30(66-35)37(29-17-21-33(51)65-29)39-41(55)45(59)49(63)46(60)42(39)56/h9-24,65,68H,1-8H3/b37-30-,38-31-. The molecule has 0 amide bonds. The van der Waals surface area contributed by atoms with Gasteiger partial charge in [0.05, 0.1) is 33.9 Å². The van der Waals surface area contributed by atoms with Gasteiger partial charge in [0.15, 0.2) is 46.5 Å². The van der Waals surface area contributed by atoms with Crippen molar-refractivity contribution in [1.29, 1.82) is 0 Å². The molecule has 0 radical (unpaired) electrons. The Morgan fingerprint density at radius 1 is 0.324 bits per heavy atom. The van der Waals surface area contributed by atoms with Gasteiger partial charge in [-0.25, -0.2) is 43.9 Å². The van der Waals surface area contributed by atoms with Gasteiger partial charge in [0, 0.05) is 55.6 Å². The molecule has 0 saturated heterocycles. The van der Waals surface area contributed by atoms with Gasteiger partial charge >= 0.3 is 0 Å². The van der Waals surface area contributed by atoms with Gasteiger partial charge < -0.3 is 9.97 Å². The highest BCUT2D eigenvalue weighted by Gasteiger charge is 2.38. The molecule has 2 N–H and O–H groups in total. The molecule has 0 aliphatic carbocycles. The van der Waals surface area contributed by atoms with E-state index in [1.807, 2.05) is 104 Å². The third-order valence-electron chi connectivity index (χ3n) is 13.9. The zero-order chi connectivity index (χ0) is 49.2. The van der Waals surface area contributed by atoms with Crippen LogP contribution in [0.2, 0.25) is 0 Å². The number of hydrogen-bond donors (Lipinski definition) is 2. The molecule has 0 saturated carbocycles. The molecule has 12 bridgehead atoms. The van der Waals surface area contributed by atoms with Gasteiger partial charge in [-0.3, -0.25) is 9.98 Å². The van der Waals surface area contributed by atoms with Crippen LogP contribution < -0.4 is 0 Å². The quantitative estimate of drug-likeness (QED) is 0.0988. The van der Waals surface area contributed by atoms with Crippen LogP contribution in [0.25, 0.3) is 11.1 Å². The molecule has 4 aromatic carbocycles. The largest absolute Gasteiger partial charge is 0.358 e. The van der Waals surface area contributed by atoms with Gasteiger partial charge in [-0.05, 0) is 70.8 Å². The van der Waals surface area contributed by atoms with Crippen LogP contribution in [0.4, 0.5) is 43.9 Å². The summed E-state index contributed by atoms with van der Waals surface area (Å²) in [6.07, 6.45) is 6.16. The van der Waals surface area contributed by atoms with E-state index >= 15 is 17.6 Å². The van der Waals surface area contributed by atoms with Crippen molar-refractivity contribution >= 4 is 22.6 Å². The van der Waals surface area contributed by atoms with Crippen molar-refractivity contribution in [1.82, 2.24) is 9.97 Å². The zero-order valence-electron chi connectivity index (χ0n) is 37.9. The first-order chi connectivity index (χ1) is 31.9. The Morgan fingerprint density at radius 2 is 0.588 bits per heavy atom. The maximum Gasteiger partial charge on any atom is 0.200 e. The summed E-state index contributed by atoms with van der Waals surface area (Å²) in [6.45, 7) is 14.9. The average Bonchev–Trinajstić information content (AvgIpc) is 4.17. The Kier molecular flexibility index (Phi) is 10.7. The Morgan fingerprint density at radius 3 is 0.882 bits per heavy atom. The first kappa shape index (κ1) is 46.2. The lowest BCUT2D eigenvalue weighted by molar-refractivity contribution is 0.376. The van der Waals surface area contributed by atoms with E-state index in [1.165, 1.54) is 24.3 Å². The number of allylic oxidation sites excluding steroid dienone is 4. The van der Waals surface area contributed by atoms with Gasteiger partial charge in [0.2, 0.25) is 11.6 Å². The van der Waals surface area contributed by atoms with E-state index in [4.69, 9.17) is 9.98 Å². The minimum atomic E-state index is -2.29. The van der Waals surface area contributed by atoms with Gasteiger partial charge in [-0.15, -0.1) is 0 Å². The summed E-state index contributed by atoms with van der Waals surface area (Å²) in [5.74, 6) is -21.0. The van der Waals surface area contributed by atoms with Crippen LogP contribution in [0.3, 0.4) is 0 Å². The second kappa shape index (κ2) is 15.8. The summed E-state index contributed by atoms with van der Waals surface area (Å²) >= 11 is 0. The number of hydrogen-bond acceptors (Lipinski definition) is 2. The molecule has 6 aromatic rings. The highest BCUT2D eigenvalue weighted by Crippen LogP contribution is 2.43. The zero-order valence-corrected chi connectivity index (χ0v) is 37.9. The predicted molar refractivity (Wildman–Crippen MR) is 242 cm³/mol. The van der Waals surface area contributed by atoms with Crippen LogP contribution in [0, 0.1) is 58.2 Å². The van der Waals surface area contributed by atoms with Crippen LogP contribution in [0.15, 0.2) is 118 Å². The second-order valence-corrected chi connectivity index (χ2v) is 19.3. The van der Waals surface area contributed by atoms with Gasteiger partial charge in [-0.1, -0.05) is 104 Å². The molecule has 8 heterocycles. The summed E-state index contributed by atoms with van der Waals surface area (Å²) in [5.41, 5.74) is -1.73. The lowest BCUT2D eigenvalue weighted by Crippen LogP contribution is -2.27. The van der Waals surface area contributed by atoms with E-state index in [1.54, 1.807) is 24.3 Å². The van der Waals surface area contributed by atoms with Crippen molar-refractivity contribution in [3.8, 4) is 0 Å². The van der Waals surface area contributed by atoms with Crippen molar-refractivity contribution in [3.05, 3.63) is 223 Å². The van der Waals surface area contributed by atoms with E-state index in [9.17, 15) is 26.3 Å². The smallest absolute Gasteiger partial charge is 0.200 e. The van der Waals surface area contributed by atoms with Crippen LogP contribution in [0.1, 0.15) is 112 Å². The Balaban J connectivity index is 1.27. The highest BCUT2D eigenvalue weighted by molar-refractivity contribution is 6.08. The molecule has 6 aliphatic rings. The van der Waals surface area contributed by atoms with E-state index in [2.05, 4.69) is 9.97 Å². The first-order valence-corrected chi connectivity index (χ1v) is 21.6. The number of benzene rings is 4. The van der Waals surface area contributed by atoms with Crippen LogP contribution in [-0.4, -0.2) is 21.4 Å². The molecule has 0 unspecified atom stereocenters. The number of H-pyrrole nitrogens is 2. The van der Waals surface area contributed by atoms with Crippen LogP contribution >= 0.6 is 0 Å². The summed E-state index contributed by atoms with van der Waals surface area (Å²) in [4.78, 5) is 16.0. The summed E-state index contributed by atoms with van der Waals surface area (Å²) < 4.78 is 152. The van der Waals surface area contributed by atoms with Gasteiger partial charge in [-0.2, -0.15) is 0 Å². The topological polar surface area (TPSA) is 56.3 Å². The number of rotatable bonds is 2. The summed E-state index contributed by atoms with van der Waals surface area (Å²) in [5, 5.41) is 0. The van der Waals surface area contributed by atoms with E-state index in [0.717, 1.165) is 22.3 Å².